The predicted octanol–water partition coefficient (Wildman–Crippen LogP) is 2.21. The molecule has 12 heavy (non-hydrogen) atoms. The minimum Gasteiger partial charge on any atom is -0.323 e. The molecule has 1 aromatic rings. The summed E-state index contributed by atoms with van der Waals surface area (Å²) >= 11 is 1.79. The second kappa shape index (κ2) is 4.48. The molecule has 0 saturated heterocycles. The normalized spacial score (nSPS) is 12.9. The van der Waals surface area contributed by atoms with E-state index in [1.807, 2.05) is 19.2 Å². The minimum absolute atomic E-state index is 0.0330. The molecule has 1 heterocycles. The maximum atomic E-state index is 5.67. The lowest BCUT2D eigenvalue weighted by molar-refractivity contribution is 0.777. The fourth-order valence-corrected chi connectivity index (χ4v) is 1.54. The zero-order valence-electron chi connectivity index (χ0n) is 7.45. The van der Waals surface area contributed by atoms with Gasteiger partial charge in [0.05, 0.1) is 5.69 Å². The second-order valence-corrected chi connectivity index (χ2v) is 3.98. The molecule has 3 heteroatoms. The van der Waals surface area contributed by atoms with Crippen LogP contribution in [0.25, 0.3) is 0 Å². The van der Waals surface area contributed by atoms with E-state index in [-0.39, 0.29) is 6.04 Å². The molecule has 0 radical (unpaired) electrons. The van der Waals surface area contributed by atoms with E-state index in [0.29, 0.717) is 0 Å². The molecule has 0 aliphatic heterocycles. The molecule has 1 rings (SSSR count). The van der Waals surface area contributed by atoms with Crippen molar-refractivity contribution in [1.82, 2.24) is 4.98 Å². The SMILES string of the molecule is CCSc1ccc([C@@H](C)N)nc1. The van der Waals surface area contributed by atoms with Crippen molar-refractivity contribution in [3.05, 3.63) is 24.0 Å². The van der Waals surface area contributed by atoms with Gasteiger partial charge in [-0.1, -0.05) is 6.92 Å². The van der Waals surface area contributed by atoms with Gasteiger partial charge in [0.2, 0.25) is 0 Å². The first kappa shape index (κ1) is 9.55. The molecule has 0 spiro atoms. The maximum absolute atomic E-state index is 5.67. The highest BCUT2D eigenvalue weighted by Crippen LogP contribution is 2.17. The molecule has 0 unspecified atom stereocenters. The third-order valence-corrected chi connectivity index (χ3v) is 2.40. The molecule has 0 bridgehead atoms. The summed E-state index contributed by atoms with van der Waals surface area (Å²) in [6.07, 6.45) is 1.88. The summed E-state index contributed by atoms with van der Waals surface area (Å²) in [6, 6.07) is 4.09. The molecule has 0 aromatic carbocycles. The molecule has 0 aliphatic rings. The fraction of sp³-hybridized carbons (Fsp3) is 0.444. The van der Waals surface area contributed by atoms with Crippen LogP contribution >= 0.6 is 11.8 Å². The van der Waals surface area contributed by atoms with E-state index in [9.17, 15) is 0 Å². The molecule has 0 saturated carbocycles. The van der Waals surface area contributed by atoms with Gasteiger partial charge >= 0.3 is 0 Å². The minimum atomic E-state index is 0.0330. The van der Waals surface area contributed by atoms with Crippen molar-refractivity contribution in [1.29, 1.82) is 0 Å². The lowest BCUT2D eigenvalue weighted by Crippen LogP contribution is -2.06. The lowest BCUT2D eigenvalue weighted by Gasteiger charge is -2.04. The zero-order chi connectivity index (χ0) is 8.97. The van der Waals surface area contributed by atoms with Crippen LogP contribution in [0.2, 0.25) is 0 Å². The van der Waals surface area contributed by atoms with Crippen molar-refractivity contribution < 1.29 is 0 Å². The topological polar surface area (TPSA) is 38.9 Å². The molecular weight excluding hydrogens is 168 g/mol. The Morgan fingerprint density at radius 1 is 1.58 bits per heavy atom. The number of pyridine rings is 1. The van der Waals surface area contributed by atoms with Crippen LogP contribution in [0.4, 0.5) is 0 Å². The van der Waals surface area contributed by atoms with Gasteiger partial charge in [-0.25, -0.2) is 0 Å². The standard InChI is InChI=1S/C9H14N2S/c1-3-12-8-4-5-9(7(2)10)11-6-8/h4-7H,3,10H2,1-2H3/t7-/m1/s1. The highest BCUT2D eigenvalue weighted by molar-refractivity contribution is 7.99. The summed E-state index contributed by atoms with van der Waals surface area (Å²) < 4.78 is 0. The van der Waals surface area contributed by atoms with Crippen molar-refractivity contribution in [2.75, 3.05) is 5.75 Å². The number of hydrogen-bond donors (Lipinski definition) is 1. The largest absolute Gasteiger partial charge is 0.323 e. The number of thioether (sulfide) groups is 1. The van der Waals surface area contributed by atoms with Gasteiger partial charge in [-0.15, -0.1) is 11.8 Å². The Morgan fingerprint density at radius 3 is 2.75 bits per heavy atom. The van der Waals surface area contributed by atoms with Gasteiger partial charge in [0, 0.05) is 17.1 Å². The molecular formula is C9H14N2S. The molecule has 2 N–H and O–H groups in total. The number of hydrogen-bond acceptors (Lipinski definition) is 3. The maximum Gasteiger partial charge on any atom is 0.0569 e. The van der Waals surface area contributed by atoms with E-state index in [1.54, 1.807) is 11.8 Å². The van der Waals surface area contributed by atoms with E-state index in [2.05, 4.69) is 18.0 Å². The van der Waals surface area contributed by atoms with E-state index < -0.39 is 0 Å². The van der Waals surface area contributed by atoms with Crippen LogP contribution in [0, 0.1) is 0 Å². The summed E-state index contributed by atoms with van der Waals surface area (Å²) in [5.74, 6) is 1.08. The fourth-order valence-electron chi connectivity index (χ4n) is 0.913. The first-order chi connectivity index (χ1) is 5.74. The smallest absolute Gasteiger partial charge is 0.0569 e. The number of nitrogens with zero attached hydrogens (tertiary/aromatic N) is 1. The molecule has 2 nitrogen and oxygen atoms in total. The number of nitrogens with two attached hydrogens (primary N) is 1. The van der Waals surface area contributed by atoms with Crippen LogP contribution in [-0.2, 0) is 0 Å². The van der Waals surface area contributed by atoms with Crippen LogP contribution in [0.1, 0.15) is 25.6 Å². The van der Waals surface area contributed by atoms with Gasteiger partial charge < -0.3 is 5.73 Å². The second-order valence-electron chi connectivity index (χ2n) is 2.64. The average Bonchev–Trinajstić information content (AvgIpc) is 2.06. The van der Waals surface area contributed by atoms with Crippen molar-refractivity contribution in [2.24, 2.45) is 5.73 Å². The van der Waals surface area contributed by atoms with E-state index in [4.69, 9.17) is 5.73 Å². The summed E-state index contributed by atoms with van der Waals surface area (Å²) in [6.45, 7) is 4.07. The first-order valence-electron chi connectivity index (χ1n) is 4.08. The summed E-state index contributed by atoms with van der Waals surface area (Å²) in [5.41, 5.74) is 6.62. The van der Waals surface area contributed by atoms with Crippen molar-refractivity contribution in [2.45, 2.75) is 24.8 Å². The first-order valence-corrected chi connectivity index (χ1v) is 5.07. The van der Waals surface area contributed by atoms with Crippen molar-refractivity contribution >= 4 is 11.8 Å². The zero-order valence-corrected chi connectivity index (χ0v) is 8.27. The Labute approximate surface area is 77.6 Å². The van der Waals surface area contributed by atoms with Crippen LogP contribution in [0.15, 0.2) is 23.2 Å². The molecule has 1 atom stereocenters. The van der Waals surface area contributed by atoms with E-state index in [0.717, 1.165) is 11.4 Å². The highest BCUT2D eigenvalue weighted by Gasteiger charge is 1.99. The van der Waals surface area contributed by atoms with Gasteiger partial charge in [0.15, 0.2) is 0 Å². The molecule has 0 fully saturated rings. The van der Waals surface area contributed by atoms with Gasteiger partial charge in [-0.2, -0.15) is 0 Å². The van der Waals surface area contributed by atoms with Gasteiger partial charge in [-0.3, -0.25) is 4.98 Å². The molecule has 0 amide bonds. The van der Waals surface area contributed by atoms with Crippen LogP contribution < -0.4 is 5.73 Å². The number of aromatic nitrogens is 1. The van der Waals surface area contributed by atoms with Crippen LogP contribution in [-0.4, -0.2) is 10.7 Å². The Hall–Kier alpha value is -0.540. The Bertz CT molecular complexity index is 231. The van der Waals surface area contributed by atoms with E-state index >= 15 is 0 Å². The summed E-state index contributed by atoms with van der Waals surface area (Å²) in [7, 11) is 0. The Balaban J connectivity index is 2.71. The van der Waals surface area contributed by atoms with Crippen LogP contribution in [0.5, 0.6) is 0 Å². The third kappa shape index (κ3) is 2.50. The Kier molecular flexibility index (Phi) is 3.56. The Morgan fingerprint density at radius 2 is 2.33 bits per heavy atom. The van der Waals surface area contributed by atoms with Crippen LogP contribution in [0.3, 0.4) is 0 Å². The lowest BCUT2D eigenvalue weighted by atomic mass is 10.2. The van der Waals surface area contributed by atoms with Gasteiger partial charge in [0.1, 0.15) is 0 Å². The number of rotatable bonds is 3. The average molecular weight is 182 g/mol. The molecule has 66 valence electrons. The van der Waals surface area contributed by atoms with Gasteiger partial charge in [-0.05, 0) is 24.8 Å². The monoisotopic (exact) mass is 182 g/mol. The van der Waals surface area contributed by atoms with E-state index in [1.165, 1.54) is 4.90 Å². The van der Waals surface area contributed by atoms with Crippen molar-refractivity contribution in [3.63, 3.8) is 0 Å². The summed E-state index contributed by atoms with van der Waals surface area (Å²) in [4.78, 5) is 5.46. The van der Waals surface area contributed by atoms with Gasteiger partial charge in [0.25, 0.3) is 0 Å². The molecule has 0 aliphatic carbocycles. The quantitative estimate of drug-likeness (QED) is 0.728. The highest BCUT2D eigenvalue weighted by atomic mass is 32.2. The predicted molar refractivity (Wildman–Crippen MR) is 53.2 cm³/mol. The molecule has 1 aromatic heterocycles. The van der Waals surface area contributed by atoms with Crippen molar-refractivity contribution in [3.8, 4) is 0 Å². The summed E-state index contributed by atoms with van der Waals surface area (Å²) in [5, 5.41) is 0. The third-order valence-electron chi connectivity index (χ3n) is 1.54.